The fourth-order valence-corrected chi connectivity index (χ4v) is 3.85. The third kappa shape index (κ3) is 4.12. The van der Waals surface area contributed by atoms with Gasteiger partial charge in [-0.1, -0.05) is 30.3 Å². The summed E-state index contributed by atoms with van der Waals surface area (Å²) in [6, 6.07) is 10.8. The molecule has 1 aromatic heterocycles. The molecule has 0 bridgehead atoms. The van der Waals surface area contributed by atoms with Gasteiger partial charge < -0.3 is 23.7 Å². The van der Waals surface area contributed by atoms with Gasteiger partial charge in [-0.2, -0.15) is 0 Å². The number of rotatable bonds is 7. The first-order chi connectivity index (χ1) is 14.4. The molecule has 30 heavy (non-hydrogen) atoms. The van der Waals surface area contributed by atoms with Crippen LogP contribution < -0.4 is 11.2 Å². The summed E-state index contributed by atoms with van der Waals surface area (Å²) in [7, 11) is 1.57. The van der Waals surface area contributed by atoms with Crippen LogP contribution in [0.25, 0.3) is 0 Å². The lowest BCUT2D eigenvalue weighted by Gasteiger charge is -2.25. The van der Waals surface area contributed by atoms with Gasteiger partial charge in [-0.3, -0.25) is 9.36 Å². The van der Waals surface area contributed by atoms with E-state index in [1.54, 1.807) is 7.11 Å². The van der Waals surface area contributed by atoms with Crippen LogP contribution in [-0.4, -0.2) is 46.9 Å². The largest absolute Gasteiger partial charge is 0.382 e. The molecule has 0 amide bonds. The molecular formula is C21H26N2O7. The molecule has 2 fully saturated rings. The zero-order chi connectivity index (χ0) is 21.3. The van der Waals surface area contributed by atoms with Crippen LogP contribution in [0.3, 0.4) is 0 Å². The summed E-state index contributed by atoms with van der Waals surface area (Å²) in [5.74, 6) is -0.805. The Morgan fingerprint density at radius 1 is 1.07 bits per heavy atom. The number of aromatic nitrogens is 2. The molecule has 2 aliphatic rings. The highest BCUT2D eigenvalue weighted by molar-refractivity contribution is 5.13. The first-order valence-electron chi connectivity index (χ1n) is 9.83. The normalized spacial score (nSPS) is 27.3. The highest BCUT2D eigenvalue weighted by Crippen LogP contribution is 2.42. The standard InChI is InChI=1S/C21H26N2O7/c1-21(2)29-17-15(12-26-3)28-19(18(17)30-21)22-10-9-16(24)23(20(22)25)13-27-11-14-7-5-4-6-8-14/h4-10,15,17-19H,11-13H2,1-3H3/t15-,17+,18+,19-/m1/s1. The van der Waals surface area contributed by atoms with Crippen molar-refractivity contribution >= 4 is 0 Å². The fraction of sp³-hybridized carbons (Fsp3) is 0.524. The van der Waals surface area contributed by atoms with Crippen LogP contribution in [0.2, 0.25) is 0 Å². The number of hydrogen-bond donors (Lipinski definition) is 0. The number of nitrogens with zero attached hydrogens (tertiary/aromatic N) is 2. The quantitative estimate of drug-likeness (QED) is 0.668. The Hall–Kier alpha value is -2.30. The smallest absolute Gasteiger partial charge is 0.335 e. The average Bonchev–Trinajstić information content (AvgIpc) is 3.19. The van der Waals surface area contributed by atoms with Gasteiger partial charge in [0.05, 0.1) is 13.2 Å². The second-order valence-electron chi connectivity index (χ2n) is 7.82. The maximum Gasteiger partial charge on any atom is 0.335 e. The van der Waals surface area contributed by atoms with Crippen molar-refractivity contribution in [1.29, 1.82) is 0 Å². The van der Waals surface area contributed by atoms with Gasteiger partial charge in [0, 0.05) is 19.4 Å². The van der Waals surface area contributed by atoms with Gasteiger partial charge in [-0.05, 0) is 19.4 Å². The molecule has 2 saturated heterocycles. The van der Waals surface area contributed by atoms with Crippen LogP contribution in [-0.2, 0) is 37.0 Å². The molecule has 9 heteroatoms. The van der Waals surface area contributed by atoms with E-state index >= 15 is 0 Å². The maximum atomic E-state index is 13.1. The fourth-order valence-electron chi connectivity index (χ4n) is 3.85. The van der Waals surface area contributed by atoms with Crippen LogP contribution in [0.1, 0.15) is 25.6 Å². The minimum atomic E-state index is -0.805. The van der Waals surface area contributed by atoms with Gasteiger partial charge in [-0.25, -0.2) is 9.36 Å². The van der Waals surface area contributed by atoms with E-state index in [0.717, 1.165) is 10.1 Å². The number of hydrogen-bond acceptors (Lipinski definition) is 7. The van der Waals surface area contributed by atoms with Gasteiger partial charge in [-0.15, -0.1) is 0 Å². The van der Waals surface area contributed by atoms with Gasteiger partial charge in [0.2, 0.25) is 0 Å². The molecule has 162 valence electrons. The van der Waals surface area contributed by atoms with Crippen molar-refractivity contribution in [3.63, 3.8) is 0 Å². The molecule has 3 heterocycles. The number of ether oxygens (including phenoxy) is 5. The first-order valence-corrected chi connectivity index (χ1v) is 9.83. The van der Waals surface area contributed by atoms with Crippen molar-refractivity contribution in [3.05, 3.63) is 69.0 Å². The lowest BCUT2D eigenvalue weighted by molar-refractivity contribution is -0.201. The summed E-state index contributed by atoms with van der Waals surface area (Å²) in [6.45, 7) is 4.04. The van der Waals surface area contributed by atoms with Gasteiger partial charge >= 0.3 is 5.69 Å². The summed E-state index contributed by atoms with van der Waals surface area (Å²) in [5, 5.41) is 0. The minimum Gasteiger partial charge on any atom is -0.382 e. The number of benzene rings is 1. The third-order valence-corrected chi connectivity index (χ3v) is 5.16. The molecule has 0 radical (unpaired) electrons. The zero-order valence-corrected chi connectivity index (χ0v) is 17.2. The summed E-state index contributed by atoms with van der Waals surface area (Å²) < 4.78 is 31.2. The maximum absolute atomic E-state index is 13.1. The Kier molecular flexibility index (Phi) is 5.90. The molecule has 0 saturated carbocycles. The van der Waals surface area contributed by atoms with E-state index in [1.165, 1.54) is 16.8 Å². The van der Waals surface area contributed by atoms with Crippen molar-refractivity contribution in [2.24, 2.45) is 0 Å². The van der Waals surface area contributed by atoms with Gasteiger partial charge in [0.25, 0.3) is 5.56 Å². The second kappa shape index (κ2) is 8.44. The minimum absolute atomic E-state index is 0.168. The van der Waals surface area contributed by atoms with Crippen LogP contribution in [0.4, 0.5) is 0 Å². The molecule has 2 aromatic rings. The summed E-state index contributed by atoms with van der Waals surface area (Å²) >= 11 is 0. The van der Waals surface area contributed by atoms with E-state index in [1.807, 2.05) is 44.2 Å². The van der Waals surface area contributed by atoms with E-state index in [4.69, 9.17) is 23.7 Å². The Morgan fingerprint density at radius 2 is 1.80 bits per heavy atom. The number of fused-ring (bicyclic) bond motifs is 1. The van der Waals surface area contributed by atoms with Crippen molar-refractivity contribution in [3.8, 4) is 0 Å². The Morgan fingerprint density at radius 3 is 2.53 bits per heavy atom. The lowest BCUT2D eigenvalue weighted by atomic mass is 10.1. The van der Waals surface area contributed by atoms with Crippen LogP contribution in [0, 0.1) is 0 Å². The predicted octanol–water partition coefficient (Wildman–Crippen LogP) is 1.25. The highest BCUT2D eigenvalue weighted by Gasteiger charge is 2.56. The SMILES string of the molecule is COC[C@H]1O[C@@H](n2ccc(=O)n(COCc3ccccc3)c2=O)[C@H]2OC(C)(C)O[C@H]21. The molecule has 0 aliphatic carbocycles. The van der Waals surface area contributed by atoms with E-state index in [0.29, 0.717) is 6.61 Å². The molecule has 4 rings (SSSR count). The topological polar surface area (TPSA) is 90.2 Å². The summed E-state index contributed by atoms with van der Waals surface area (Å²) in [4.78, 5) is 25.4. The monoisotopic (exact) mass is 418 g/mol. The molecular weight excluding hydrogens is 392 g/mol. The predicted molar refractivity (Wildman–Crippen MR) is 106 cm³/mol. The van der Waals surface area contributed by atoms with Crippen molar-refractivity contribution in [1.82, 2.24) is 9.13 Å². The molecule has 4 atom stereocenters. The highest BCUT2D eigenvalue weighted by atomic mass is 16.8. The molecule has 0 spiro atoms. The van der Waals surface area contributed by atoms with Crippen molar-refractivity contribution in [2.45, 2.75) is 57.5 Å². The number of methoxy groups -OCH3 is 1. The van der Waals surface area contributed by atoms with Crippen molar-refractivity contribution in [2.75, 3.05) is 13.7 Å². The molecule has 1 aromatic carbocycles. The summed E-state index contributed by atoms with van der Waals surface area (Å²) in [5.41, 5.74) is -0.0354. The Balaban J connectivity index is 1.56. The van der Waals surface area contributed by atoms with E-state index in [-0.39, 0.29) is 19.4 Å². The zero-order valence-electron chi connectivity index (χ0n) is 17.2. The van der Waals surface area contributed by atoms with Gasteiger partial charge in [0.1, 0.15) is 25.0 Å². The van der Waals surface area contributed by atoms with Crippen molar-refractivity contribution < 1.29 is 23.7 Å². The van der Waals surface area contributed by atoms with Crippen LogP contribution in [0.5, 0.6) is 0 Å². The van der Waals surface area contributed by atoms with Crippen LogP contribution in [0.15, 0.2) is 52.2 Å². The Bertz CT molecular complexity index is 985. The molecule has 0 N–H and O–H groups in total. The van der Waals surface area contributed by atoms with E-state index in [9.17, 15) is 9.59 Å². The lowest BCUT2D eigenvalue weighted by Crippen LogP contribution is -2.43. The van der Waals surface area contributed by atoms with Gasteiger partial charge in [0.15, 0.2) is 12.0 Å². The molecule has 0 unspecified atom stereocenters. The molecule has 9 nitrogen and oxygen atoms in total. The summed E-state index contributed by atoms with van der Waals surface area (Å²) in [6.07, 6.45) is -0.608. The second-order valence-corrected chi connectivity index (χ2v) is 7.82. The van der Waals surface area contributed by atoms with E-state index in [2.05, 4.69) is 0 Å². The van der Waals surface area contributed by atoms with E-state index < -0.39 is 35.5 Å². The first kappa shape index (κ1) is 21.0. The molecule has 2 aliphatic heterocycles. The average molecular weight is 418 g/mol. The van der Waals surface area contributed by atoms with Crippen LogP contribution >= 0.6 is 0 Å². The third-order valence-electron chi connectivity index (χ3n) is 5.16. The Labute approximate surface area is 173 Å².